The fraction of sp³-hybridized carbons (Fsp3) is 0. The molecule has 1 N–H and O–H groups in total. The second-order valence-corrected chi connectivity index (χ2v) is 5.15. The van der Waals surface area contributed by atoms with Gasteiger partial charge in [-0.3, -0.25) is 14.5 Å². The molecule has 130 valence electrons. The summed E-state index contributed by atoms with van der Waals surface area (Å²) in [6, 6.07) is 9.33. The van der Waals surface area contributed by atoms with Crippen molar-refractivity contribution in [3.05, 3.63) is 71.1 Å². The molecular weight excluding hydrogens is 342 g/mol. The molecule has 0 aliphatic heterocycles. The normalized spacial score (nSPS) is 10.9. The van der Waals surface area contributed by atoms with Crippen LogP contribution in [0.4, 0.5) is 5.69 Å². The van der Waals surface area contributed by atoms with E-state index in [1.807, 2.05) is 0 Å². The Balaban J connectivity index is 1.80. The summed E-state index contributed by atoms with van der Waals surface area (Å²) in [5.41, 5.74) is 1.82. The number of hydrogen-bond acceptors (Lipinski definition) is 6. The molecule has 3 aromatic rings. The van der Waals surface area contributed by atoms with E-state index in [-0.39, 0.29) is 11.4 Å². The zero-order valence-electron chi connectivity index (χ0n) is 13.1. The fourth-order valence-corrected chi connectivity index (χ4v) is 2.21. The molecule has 1 aromatic carbocycles. The lowest BCUT2D eigenvalue weighted by atomic mass is 10.2. The minimum absolute atomic E-state index is 0.0434. The Morgan fingerprint density at radius 1 is 1.12 bits per heavy atom. The predicted octanol–water partition coefficient (Wildman–Crippen LogP) is 2.46. The number of carboxylic acid groups (broad SMARTS) is 1. The largest absolute Gasteiger partial charge is 0.478 e. The van der Waals surface area contributed by atoms with Crippen LogP contribution in [0.5, 0.6) is 5.75 Å². The molecule has 0 saturated heterocycles. The summed E-state index contributed by atoms with van der Waals surface area (Å²) in [5, 5.41) is 19.3. The van der Waals surface area contributed by atoms with Crippen LogP contribution in [0.1, 0.15) is 0 Å². The van der Waals surface area contributed by atoms with Crippen molar-refractivity contribution in [1.29, 1.82) is 0 Å². The monoisotopic (exact) mass is 353 g/mol. The SMILES string of the molecule is O=C(O)/C=C/C(=O)Oc1ccc(-c2cn3cc([N+](=O)[O-])ccc3n2)cc1. The number of aromatic nitrogens is 2. The molecule has 0 unspecified atom stereocenters. The van der Waals surface area contributed by atoms with Gasteiger partial charge in [-0.05, 0) is 30.3 Å². The van der Waals surface area contributed by atoms with Crippen LogP contribution >= 0.6 is 0 Å². The van der Waals surface area contributed by atoms with Crippen molar-refractivity contribution in [3.63, 3.8) is 0 Å². The van der Waals surface area contributed by atoms with Gasteiger partial charge in [0.1, 0.15) is 11.4 Å². The minimum atomic E-state index is -1.25. The van der Waals surface area contributed by atoms with E-state index in [1.54, 1.807) is 28.8 Å². The molecule has 0 saturated carbocycles. The summed E-state index contributed by atoms with van der Waals surface area (Å²) in [7, 11) is 0. The first-order chi connectivity index (χ1) is 12.4. The quantitative estimate of drug-likeness (QED) is 0.246. The molecule has 0 fully saturated rings. The minimum Gasteiger partial charge on any atom is -0.478 e. The number of hydrogen-bond donors (Lipinski definition) is 1. The molecule has 9 nitrogen and oxygen atoms in total. The highest BCUT2D eigenvalue weighted by Crippen LogP contribution is 2.23. The van der Waals surface area contributed by atoms with Gasteiger partial charge >= 0.3 is 11.9 Å². The lowest BCUT2D eigenvalue weighted by Crippen LogP contribution is -2.04. The number of rotatable bonds is 5. The summed E-state index contributed by atoms with van der Waals surface area (Å²) in [4.78, 5) is 36.5. The van der Waals surface area contributed by atoms with Gasteiger partial charge in [-0.15, -0.1) is 0 Å². The van der Waals surface area contributed by atoms with E-state index in [0.717, 1.165) is 11.6 Å². The Morgan fingerprint density at radius 3 is 2.50 bits per heavy atom. The number of fused-ring (bicyclic) bond motifs is 1. The van der Waals surface area contributed by atoms with Gasteiger partial charge in [0.2, 0.25) is 0 Å². The Kier molecular flexibility index (Phi) is 4.44. The van der Waals surface area contributed by atoms with Crippen LogP contribution in [0, 0.1) is 10.1 Å². The molecule has 0 radical (unpaired) electrons. The molecular formula is C17H11N3O6. The third-order valence-electron chi connectivity index (χ3n) is 3.38. The van der Waals surface area contributed by atoms with E-state index in [0.29, 0.717) is 17.4 Å². The molecule has 2 aromatic heterocycles. The number of carboxylic acids is 1. The highest BCUT2D eigenvalue weighted by atomic mass is 16.6. The molecule has 0 spiro atoms. The molecule has 9 heteroatoms. The highest BCUT2D eigenvalue weighted by Gasteiger charge is 2.10. The lowest BCUT2D eigenvalue weighted by Gasteiger charge is -2.02. The average molecular weight is 353 g/mol. The van der Waals surface area contributed by atoms with E-state index in [4.69, 9.17) is 9.84 Å². The van der Waals surface area contributed by atoms with E-state index in [9.17, 15) is 19.7 Å². The van der Waals surface area contributed by atoms with Crippen molar-refractivity contribution in [3.8, 4) is 17.0 Å². The number of nitro groups is 1. The van der Waals surface area contributed by atoms with Gasteiger partial charge in [-0.1, -0.05) is 0 Å². The first-order valence-corrected chi connectivity index (χ1v) is 7.29. The molecule has 2 heterocycles. The van der Waals surface area contributed by atoms with Crippen molar-refractivity contribution in [2.45, 2.75) is 0 Å². The molecule has 0 atom stereocenters. The zero-order valence-corrected chi connectivity index (χ0v) is 13.1. The Labute approximate surface area is 145 Å². The van der Waals surface area contributed by atoms with E-state index < -0.39 is 16.9 Å². The van der Waals surface area contributed by atoms with Crippen molar-refractivity contribution in [2.75, 3.05) is 0 Å². The van der Waals surface area contributed by atoms with E-state index >= 15 is 0 Å². The second-order valence-electron chi connectivity index (χ2n) is 5.15. The first-order valence-electron chi connectivity index (χ1n) is 7.29. The maximum absolute atomic E-state index is 11.4. The summed E-state index contributed by atoms with van der Waals surface area (Å²) in [5.74, 6) is -1.81. The number of pyridine rings is 1. The third-order valence-corrected chi connectivity index (χ3v) is 3.38. The van der Waals surface area contributed by atoms with Crippen molar-refractivity contribution in [2.24, 2.45) is 0 Å². The van der Waals surface area contributed by atoms with Crippen LogP contribution in [0.3, 0.4) is 0 Å². The van der Waals surface area contributed by atoms with Crippen LogP contribution in [-0.4, -0.2) is 31.4 Å². The molecule has 0 aliphatic rings. The van der Waals surface area contributed by atoms with Gasteiger partial charge in [-0.25, -0.2) is 14.6 Å². The standard InChI is InChI=1S/C17H11N3O6/c21-16(22)7-8-17(23)26-13-4-1-11(2-5-13)14-10-19-9-12(20(24)25)3-6-15(19)18-14/h1-10H,(H,21,22)/b8-7+. The highest BCUT2D eigenvalue weighted by molar-refractivity contribution is 5.91. The van der Waals surface area contributed by atoms with Crippen LogP contribution in [-0.2, 0) is 9.59 Å². The van der Waals surface area contributed by atoms with E-state index in [2.05, 4.69) is 4.98 Å². The number of imidazole rings is 1. The molecule has 26 heavy (non-hydrogen) atoms. The zero-order chi connectivity index (χ0) is 18.7. The van der Waals surface area contributed by atoms with Gasteiger partial charge in [-0.2, -0.15) is 0 Å². The number of esters is 1. The number of aliphatic carboxylic acids is 1. The Morgan fingerprint density at radius 2 is 1.85 bits per heavy atom. The Hall–Kier alpha value is -4.01. The maximum Gasteiger partial charge on any atom is 0.336 e. The summed E-state index contributed by atoms with van der Waals surface area (Å²) in [6.07, 6.45) is 4.52. The summed E-state index contributed by atoms with van der Waals surface area (Å²) < 4.78 is 6.52. The predicted molar refractivity (Wildman–Crippen MR) is 89.7 cm³/mol. The average Bonchev–Trinajstić information content (AvgIpc) is 3.03. The summed E-state index contributed by atoms with van der Waals surface area (Å²) in [6.45, 7) is 0. The van der Waals surface area contributed by atoms with Crippen LogP contribution in [0.2, 0.25) is 0 Å². The number of ether oxygens (including phenoxy) is 1. The van der Waals surface area contributed by atoms with Gasteiger partial charge in [0.15, 0.2) is 0 Å². The second kappa shape index (κ2) is 6.85. The number of carbonyl (C=O) groups is 2. The number of nitrogens with zero attached hydrogens (tertiary/aromatic N) is 3. The van der Waals surface area contributed by atoms with Crippen LogP contribution in [0.25, 0.3) is 16.9 Å². The smallest absolute Gasteiger partial charge is 0.336 e. The molecule has 0 amide bonds. The first kappa shape index (κ1) is 16.8. The summed E-state index contributed by atoms with van der Waals surface area (Å²) >= 11 is 0. The van der Waals surface area contributed by atoms with E-state index in [1.165, 1.54) is 24.4 Å². The molecule has 0 bridgehead atoms. The van der Waals surface area contributed by atoms with Crippen molar-refractivity contribution in [1.82, 2.24) is 9.38 Å². The molecule has 0 aliphatic carbocycles. The van der Waals surface area contributed by atoms with Gasteiger partial charge in [0.25, 0.3) is 5.69 Å². The number of benzene rings is 1. The molecule has 3 rings (SSSR count). The fourth-order valence-electron chi connectivity index (χ4n) is 2.21. The van der Waals surface area contributed by atoms with Gasteiger partial charge in [0, 0.05) is 30.0 Å². The van der Waals surface area contributed by atoms with Gasteiger partial charge < -0.3 is 9.84 Å². The lowest BCUT2D eigenvalue weighted by molar-refractivity contribution is -0.385. The van der Waals surface area contributed by atoms with Crippen LogP contribution in [0.15, 0.2) is 60.9 Å². The van der Waals surface area contributed by atoms with Crippen molar-refractivity contribution < 1.29 is 24.4 Å². The Bertz CT molecular complexity index is 1040. The van der Waals surface area contributed by atoms with Crippen LogP contribution < -0.4 is 4.74 Å². The van der Waals surface area contributed by atoms with Crippen molar-refractivity contribution >= 4 is 23.3 Å². The maximum atomic E-state index is 11.4. The topological polar surface area (TPSA) is 124 Å². The third kappa shape index (κ3) is 3.73. The number of carbonyl (C=O) groups excluding carboxylic acids is 1. The van der Waals surface area contributed by atoms with Gasteiger partial charge in [0.05, 0.1) is 16.8 Å².